The maximum atomic E-state index is 13.1. The maximum Gasteiger partial charge on any atom is 0.123 e. The molecule has 0 unspecified atom stereocenters. The normalized spacial score (nSPS) is 20.6. The van der Waals surface area contributed by atoms with Gasteiger partial charge in [-0.1, -0.05) is 12.1 Å². The maximum absolute atomic E-state index is 13.1. The van der Waals surface area contributed by atoms with E-state index in [9.17, 15) is 4.39 Å². The summed E-state index contributed by atoms with van der Waals surface area (Å²) >= 11 is 0. The van der Waals surface area contributed by atoms with Gasteiger partial charge in [0.25, 0.3) is 0 Å². The predicted octanol–water partition coefficient (Wildman–Crippen LogP) is 2.44. The largest absolute Gasteiger partial charge is 0.310 e. The van der Waals surface area contributed by atoms with E-state index < -0.39 is 0 Å². The summed E-state index contributed by atoms with van der Waals surface area (Å²) in [5.41, 5.74) is 1.27. The minimum absolute atomic E-state index is 0.134. The van der Waals surface area contributed by atoms with Crippen molar-refractivity contribution < 1.29 is 4.39 Å². The first-order chi connectivity index (χ1) is 8.55. The van der Waals surface area contributed by atoms with E-state index >= 15 is 0 Å². The Labute approximate surface area is 109 Å². The molecule has 0 aromatic heterocycles. The number of hydrogen-bond donors (Lipinski definition) is 1. The highest BCUT2D eigenvalue weighted by Crippen LogP contribution is 2.12. The fourth-order valence-electron chi connectivity index (χ4n) is 2.59. The van der Waals surface area contributed by atoms with Crippen molar-refractivity contribution in [1.29, 1.82) is 0 Å². The molecule has 1 N–H and O–H groups in total. The molecule has 100 valence electrons. The second kappa shape index (κ2) is 5.81. The van der Waals surface area contributed by atoms with Crippen LogP contribution in [0.4, 0.5) is 4.39 Å². The van der Waals surface area contributed by atoms with Crippen LogP contribution >= 0.6 is 0 Å². The number of hydrogen-bond acceptors (Lipinski definition) is 2. The van der Waals surface area contributed by atoms with Crippen LogP contribution < -0.4 is 5.32 Å². The number of rotatable bonds is 3. The lowest BCUT2D eigenvalue weighted by molar-refractivity contribution is 0.233. The quantitative estimate of drug-likeness (QED) is 0.886. The van der Waals surface area contributed by atoms with E-state index in [0.29, 0.717) is 0 Å². The van der Waals surface area contributed by atoms with Crippen molar-refractivity contribution in [2.24, 2.45) is 0 Å². The lowest BCUT2D eigenvalue weighted by Gasteiger charge is -2.30. The third-order valence-corrected chi connectivity index (χ3v) is 3.48. The van der Waals surface area contributed by atoms with E-state index in [1.54, 1.807) is 12.1 Å². The van der Waals surface area contributed by atoms with Crippen molar-refractivity contribution in [3.05, 3.63) is 35.6 Å². The summed E-state index contributed by atoms with van der Waals surface area (Å²) in [5, 5.41) is 3.56. The lowest BCUT2D eigenvalue weighted by Crippen LogP contribution is -2.46. The van der Waals surface area contributed by atoms with Crippen LogP contribution in [0.3, 0.4) is 0 Å². The van der Waals surface area contributed by atoms with Gasteiger partial charge in [-0.15, -0.1) is 0 Å². The molecule has 1 aliphatic rings. The van der Waals surface area contributed by atoms with Crippen molar-refractivity contribution in [2.75, 3.05) is 26.2 Å². The molecule has 0 atom stereocenters. The molecular weight excluding hydrogens is 227 g/mol. The first-order valence-corrected chi connectivity index (χ1v) is 6.77. The fraction of sp³-hybridized carbons (Fsp3) is 0.600. The van der Waals surface area contributed by atoms with Gasteiger partial charge in [0, 0.05) is 18.6 Å². The summed E-state index contributed by atoms with van der Waals surface area (Å²) in [6, 6.07) is 6.94. The Kier molecular flexibility index (Phi) is 4.36. The van der Waals surface area contributed by atoms with Gasteiger partial charge in [0.15, 0.2) is 0 Å². The molecule has 1 saturated heterocycles. The Morgan fingerprint density at radius 1 is 1.39 bits per heavy atom. The smallest absolute Gasteiger partial charge is 0.123 e. The molecular formula is C15H23FN2. The van der Waals surface area contributed by atoms with Crippen molar-refractivity contribution in [1.82, 2.24) is 10.2 Å². The van der Waals surface area contributed by atoms with Gasteiger partial charge in [0.05, 0.1) is 0 Å². The predicted molar refractivity (Wildman–Crippen MR) is 73.2 cm³/mol. The number of halogens is 1. The van der Waals surface area contributed by atoms with Crippen LogP contribution in [0.15, 0.2) is 24.3 Å². The zero-order valence-corrected chi connectivity index (χ0v) is 11.4. The molecule has 18 heavy (non-hydrogen) atoms. The van der Waals surface area contributed by atoms with Crippen LogP contribution in [0.2, 0.25) is 0 Å². The van der Waals surface area contributed by atoms with E-state index in [1.807, 2.05) is 6.07 Å². The zero-order chi connectivity index (χ0) is 13.0. The molecule has 1 fully saturated rings. The molecule has 0 amide bonds. The van der Waals surface area contributed by atoms with Crippen LogP contribution in [-0.4, -0.2) is 36.6 Å². The minimum Gasteiger partial charge on any atom is -0.310 e. The van der Waals surface area contributed by atoms with Crippen molar-refractivity contribution in [2.45, 2.75) is 32.2 Å². The van der Waals surface area contributed by atoms with Gasteiger partial charge in [-0.3, -0.25) is 0 Å². The van der Waals surface area contributed by atoms with E-state index in [0.717, 1.165) is 38.2 Å². The summed E-state index contributed by atoms with van der Waals surface area (Å²) in [5.74, 6) is -0.134. The van der Waals surface area contributed by atoms with Crippen molar-refractivity contribution in [3.63, 3.8) is 0 Å². The van der Waals surface area contributed by atoms with Gasteiger partial charge in [0.1, 0.15) is 5.82 Å². The summed E-state index contributed by atoms with van der Waals surface area (Å²) in [6.07, 6.45) is 2.11. The Morgan fingerprint density at radius 3 is 3.00 bits per heavy atom. The van der Waals surface area contributed by atoms with E-state index in [2.05, 4.69) is 24.1 Å². The molecule has 0 bridgehead atoms. The lowest BCUT2D eigenvalue weighted by atomic mass is 10.1. The van der Waals surface area contributed by atoms with E-state index in [1.165, 1.54) is 12.5 Å². The Hall–Kier alpha value is -0.930. The molecule has 0 saturated carbocycles. The topological polar surface area (TPSA) is 15.3 Å². The van der Waals surface area contributed by atoms with Gasteiger partial charge in [-0.05, 0) is 57.5 Å². The molecule has 3 heteroatoms. The van der Waals surface area contributed by atoms with Crippen LogP contribution in [0.1, 0.15) is 25.8 Å². The van der Waals surface area contributed by atoms with Gasteiger partial charge < -0.3 is 10.2 Å². The average Bonchev–Trinajstić information content (AvgIpc) is 2.47. The summed E-state index contributed by atoms with van der Waals surface area (Å²) in [7, 11) is 0. The molecule has 1 aliphatic heterocycles. The summed E-state index contributed by atoms with van der Waals surface area (Å²) in [4.78, 5) is 2.48. The van der Waals surface area contributed by atoms with Crippen molar-refractivity contribution in [3.8, 4) is 0 Å². The number of nitrogens with zero attached hydrogens (tertiary/aromatic N) is 1. The SMILES string of the molecule is CC1(C)CN(CCc2cccc(F)c2)CCCN1. The summed E-state index contributed by atoms with van der Waals surface area (Å²) in [6.45, 7) is 8.77. The standard InChI is InChI=1S/C15H23FN2/c1-15(2)12-18(9-4-8-17-15)10-7-13-5-3-6-14(16)11-13/h3,5-6,11,17H,4,7-10,12H2,1-2H3. The van der Waals surface area contributed by atoms with Crippen LogP contribution in [0.5, 0.6) is 0 Å². The van der Waals surface area contributed by atoms with E-state index in [-0.39, 0.29) is 11.4 Å². The molecule has 1 heterocycles. The number of benzene rings is 1. The van der Waals surface area contributed by atoms with E-state index in [4.69, 9.17) is 0 Å². The van der Waals surface area contributed by atoms with Crippen molar-refractivity contribution >= 4 is 0 Å². The molecule has 0 aliphatic carbocycles. The highest BCUT2D eigenvalue weighted by molar-refractivity contribution is 5.16. The highest BCUT2D eigenvalue weighted by Gasteiger charge is 2.23. The average molecular weight is 250 g/mol. The van der Waals surface area contributed by atoms with Crippen LogP contribution in [0, 0.1) is 5.82 Å². The third-order valence-electron chi connectivity index (χ3n) is 3.48. The minimum atomic E-state index is -0.134. The highest BCUT2D eigenvalue weighted by atomic mass is 19.1. The van der Waals surface area contributed by atoms with Crippen LogP contribution in [-0.2, 0) is 6.42 Å². The molecule has 0 spiro atoms. The second-order valence-corrected chi connectivity index (χ2v) is 5.82. The Bertz CT molecular complexity index is 390. The van der Waals surface area contributed by atoms with Gasteiger partial charge in [-0.25, -0.2) is 4.39 Å². The first-order valence-electron chi connectivity index (χ1n) is 6.77. The second-order valence-electron chi connectivity index (χ2n) is 5.82. The zero-order valence-electron chi connectivity index (χ0n) is 11.4. The molecule has 1 aromatic rings. The molecule has 1 aromatic carbocycles. The van der Waals surface area contributed by atoms with Gasteiger partial charge in [-0.2, -0.15) is 0 Å². The summed E-state index contributed by atoms with van der Waals surface area (Å²) < 4.78 is 13.1. The fourth-order valence-corrected chi connectivity index (χ4v) is 2.59. The third kappa shape index (κ3) is 4.07. The molecule has 2 nitrogen and oxygen atoms in total. The van der Waals surface area contributed by atoms with Crippen LogP contribution in [0.25, 0.3) is 0 Å². The Morgan fingerprint density at radius 2 is 2.22 bits per heavy atom. The number of nitrogens with one attached hydrogen (secondary N) is 1. The van der Waals surface area contributed by atoms with Gasteiger partial charge in [0.2, 0.25) is 0 Å². The molecule has 2 rings (SSSR count). The molecule has 0 radical (unpaired) electrons. The Balaban J connectivity index is 1.89. The monoisotopic (exact) mass is 250 g/mol. The van der Waals surface area contributed by atoms with Gasteiger partial charge >= 0.3 is 0 Å². The first kappa shape index (κ1) is 13.5.